The maximum absolute atomic E-state index is 12.7. The summed E-state index contributed by atoms with van der Waals surface area (Å²) in [6.45, 7) is 4.82. The summed E-state index contributed by atoms with van der Waals surface area (Å²) in [7, 11) is -3.55. The molecular formula is C20H27N3O5S. The maximum atomic E-state index is 12.7. The quantitative estimate of drug-likeness (QED) is 0.720. The molecule has 2 atom stereocenters. The number of likely N-dealkylation sites (tertiary alicyclic amines) is 1. The Morgan fingerprint density at radius 1 is 1.24 bits per heavy atom. The lowest BCUT2D eigenvalue weighted by atomic mass is 9.91. The van der Waals surface area contributed by atoms with Crippen molar-refractivity contribution in [2.45, 2.75) is 56.2 Å². The van der Waals surface area contributed by atoms with Crippen LogP contribution >= 0.6 is 0 Å². The van der Waals surface area contributed by atoms with E-state index in [9.17, 15) is 18.0 Å². The number of nitrogens with zero attached hydrogens (tertiary/aromatic N) is 1. The van der Waals surface area contributed by atoms with Gasteiger partial charge in [0.1, 0.15) is 10.5 Å². The number of esters is 1. The molecule has 8 nitrogen and oxygen atoms in total. The Balaban J connectivity index is 1.34. The van der Waals surface area contributed by atoms with E-state index in [-0.39, 0.29) is 35.0 Å². The number of sulfonamides is 1. The summed E-state index contributed by atoms with van der Waals surface area (Å²) in [5.41, 5.74) is 0.104. The van der Waals surface area contributed by atoms with Crippen molar-refractivity contribution in [1.29, 1.82) is 0 Å². The van der Waals surface area contributed by atoms with Crippen LogP contribution in [0.2, 0.25) is 0 Å². The van der Waals surface area contributed by atoms with Crippen LogP contribution in [0.25, 0.3) is 0 Å². The Morgan fingerprint density at radius 3 is 2.59 bits per heavy atom. The summed E-state index contributed by atoms with van der Waals surface area (Å²) in [6.07, 6.45) is 1.72. The number of cyclic esters (lactones) is 1. The van der Waals surface area contributed by atoms with Crippen molar-refractivity contribution in [2.75, 3.05) is 18.4 Å². The molecular weight excluding hydrogens is 394 g/mol. The highest BCUT2D eigenvalue weighted by Crippen LogP contribution is 2.34. The van der Waals surface area contributed by atoms with Crippen LogP contribution in [0, 0.1) is 11.8 Å². The molecule has 2 N–H and O–H groups in total. The van der Waals surface area contributed by atoms with Gasteiger partial charge in [0.05, 0.1) is 17.8 Å². The average molecular weight is 422 g/mol. The fourth-order valence-electron chi connectivity index (χ4n) is 4.51. The summed E-state index contributed by atoms with van der Waals surface area (Å²) < 4.78 is 33.1. The van der Waals surface area contributed by atoms with Gasteiger partial charge in [0.2, 0.25) is 15.9 Å². The minimum absolute atomic E-state index is 0.0365. The first-order chi connectivity index (χ1) is 13.6. The fraction of sp³-hybridized carbons (Fsp3) is 0.600. The molecule has 0 bridgehead atoms. The molecule has 158 valence electrons. The van der Waals surface area contributed by atoms with Crippen molar-refractivity contribution >= 4 is 27.6 Å². The first-order valence-corrected chi connectivity index (χ1v) is 11.5. The molecule has 4 rings (SSSR count). The van der Waals surface area contributed by atoms with Crippen molar-refractivity contribution in [3.8, 4) is 0 Å². The molecule has 2 unspecified atom stereocenters. The van der Waals surface area contributed by atoms with E-state index in [1.807, 2.05) is 13.8 Å². The van der Waals surface area contributed by atoms with Crippen LogP contribution in [0.4, 0.5) is 5.69 Å². The Kier molecular flexibility index (Phi) is 5.06. The normalized spacial score (nSPS) is 28.3. The highest BCUT2D eigenvalue weighted by Gasteiger charge is 2.42. The van der Waals surface area contributed by atoms with Gasteiger partial charge in [0.15, 0.2) is 0 Å². The number of piperidine rings is 1. The molecule has 0 aromatic heterocycles. The van der Waals surface area contributed by atoms with Crippen molar-refractivity contribution < 1.29 is 22.7 Å². The van der Waals surface area contributed by atoms with Gasteiger partial charge < -0.3 is 15.0 Å². The van der Waals surface area contributed by atoms with Gasteiger partial charge in [0.25, 0.3) is 0 Å². The summed E-state index contributed by atoms with van der Waals surface area (Å²) in [5, 5.41) is 3.29. The molecule has 0 spiro atoms. The molecule has 0 aliphatic carbocycles. The number of amides is 1. The smallest absolute Gasteiger partial charge is 0.310 e. The zero-order valence-corrected chi connectivity index (χ0v) is 17.5. The first-order valence-electron chi connectivity index (χ1n) is 10.0. The minimum atomic E-state index is -3.55. The molecule has 0 saturated carbocycles. The van der Waals surface area contributed by atoms with E-state index in [1.165, 1.54) is 0 Å². The molecule has 3 aliphatic rings. The van der Waals surface area contributed by atoms with Crippen molar-refractivity contribution in [1.82, 2.24) is 9.62 Å². The van der Waals surface area contributed by atoms with E-state index < -0.39 is 21.8 Å². The molecule has 2 saturated heterocycles. The number of para-hydroxylation sites is 1. The van der Waals surface area contributed by atoms with E-state index in [4.69, 9.17) is 4.74 Å². The highest BCUT2D eigenvalue weighted by atomic mass is 32.2. The lowest BCUT2D eigenvalue weighted by Crippen LogP contribution is -2.52. The van der Waals surface area contributed by atoms with E-state index in [2.05, 4.69) is 10.0 Å². The fourth-order valence-corrected chi connectivity index (χ4v) is 5.90. The van der Waals surface area contributed by atoms with Crippen molar-refractivity contribution in [2.24, 2.45) is 11.8 Å². The van der Waals surface area contributed by atoms with Crippen LogP contribution in [0.1, 0.15) is 39.5 Å². The van der Waals surface area contributed by atoms with Crippen LogP contribution in [0.5, 0.6) is 0 Å². The molecule has 2 fully saturated rings. The molecule has 1 aromatic rings. The lowest BCUT2D eigenvalue weighted by molar-refractivity contribution is -0.150. The topological polar surface area (TPSA) is 105 Å². The SMILES string of the molecule is CC1(C)CC(CC(=O)N2CCC(C3Nc4ccccc4S(=O)(=O)N3)CC2)C(=O)O1. The lowest BCUT2D eigenvalue weighted by Gasteiger charge is -2.39. The van der Waals surface area contributed by atoms with Gasteiger partial charge >= 0.3 is 5.97 Å². The molecule has 3 heterocycles. The summed E-state index contributed by atoms with van der Waals surface area (Å²) in [6, 6.07) is 6.85. The molecule has 3 aliphatic heterocycles. The number of ether oxygens (including phenoxy) is 1. The van der Waals surface area contributed by atoms with E-state index in [0.717, 1.165) is 0 Å². The number of anilines is 1. The number of carbonyl (C=O) groups is 2. The molecule has 1 aromatic carbocycles. The molecule has 29 heavy (non-hydrogen) atoms. The zero-order valence-electron chi connectivity index (χ0n) is 16.7. The van der Waals surface area contributed by atoms with Gasteiger partial charge in [-0.05, 0) is 44.7 Å². The van der Waals surface area contributed by atoms with E-state index >= 15 is 0 Å². The minimum Gasteiger partial charge on any atom is -0.459 e. The number of nitrogens with one attached hydrogen (secondary N) is 2. The van der Waals surface area contributed by atoms with E-state index in [1.54, 1.807) is 29.2 Å². The zero-order chi connectivity index (χ0) is 20.8. The van der Waals surface area contributed by atoms with Gasteiger partial charge in [-0.15, -0.1) is 0 Å². The predicted octanol–water partition coefficient (Wildman–Crippen LogP) is 1.69. The molecule has 9 heteroatoms. The number of hydrogen-bond acceptors (Lipinski definition) is 6. The number of fused-ring (bicyclic) bond motifs is 1. The van der Waals surface area contributed by atoms with Gasteiger partial charge in [0, 0.05) is 25.9 Å². The van der Waals surface area contributed by atoms with E-state index in [0.29, 0.717) is 38.0 Å². The second-order valence-electron chi connectivity index (χ2n) is 8.74. The number of benzene rings is 1. The third-order valence-corrected chi connectivity index (χ3v) is 7.50. The molecule has 1 amide bonds. The van der Waals surface area contributed by atoms with Crippen molar-refractivity contribution in [3.05, 3.63) is 24.3 Å². The maximum Gasteiger partial charge on any atom is 0.310 e. The monoisotopic (exact) mass is 421 g/mol. The largest absolute Gasteiger partial charge is 0.459 e. The first kappa shape index (κ1) is 20.2. The molecule has 0 radical (unpaired) electrons. The van der Waals surface area contributed by atoms with Crippen LogP contribution in [0.15, 0.2) is 29.2 Å². The predicted molar refractivity (Wildman–Crippen MR) is 106 cm³/mol. The van der Waals surface area contributed by atoms with Crippen molar-refractivity contribution in [3.63, 3.8) is 0 Å². The Labute approximate surface area is 171 Å². The number of carbonyl (C=O) groups excluding carboxylic acids is 2. The number of hydrogen-bond donors (Lipinski definition) is 2. The van der Waals surface area contributed by atoms with Gasteiger partial charge in [-0.1, -0.05) is 12.1 Å². The van der Waals surface area contributed by atoms with Gasteiger partial charge in [-0.3, -0.25) is 9.59 Å². The highest BCUT2D eigenvalue weighted by molar-refractivity contribution is 7.89. The summed E-state index contributed by atoms with van der Waals surface area (Å²) in [5.74, 6) is -0.626. The standard InChI is InChI=1S/C20H27N3O5S/c1-20(2)12-14(19(25)28-20)11-17(24)23-9-7-13(8-10-23)18-21-15-5-3-4-6-16(15)29(26,27)22-18/h3-6,13-14,18,21-22H,7-12H2,1-2H3. The van der Waals surface area contributed by atoms with Gasteiger partial charge in [-0.2, -0.15) is 4.72 Å². The third kappa shape index (κ3) is 4.11. The second kappa shape index (κ2) is 7.28. The summed E-state index contributed by atoms with van der Waals surface area (Å²) >= 11 is 0. The number of rotatable bonds is 3. The Hall–Kier alpha value is -2.13. The third-order valence-electron chi connectivity index (χ3n) is 6.00. The van der Waals surface area contributed by atoms with Crippen LogP contribution in [0.3, 0.4) is 0 Å². The Bertz CT molecular complexity index is 922. The second-order valence-corrected chi connectivity index (χ2v) is 10.4. The summed E-state index contributed by atoms with van der Waals surface area (Å²) in [4.78, 5) is 26.7. The Morgan fingerprint density at radius 2 is 1.93 bits per heavy atom. The van der Waals surface area contributed by atoms with Gasteiger partial charge in [-0.25, -0.2) is 8.42 Å². The van der Waals surface area contributed by atoms with Crippen LogP contribution in [-0.4, -0.2) is 50.1 Å². The van der Waals surface area contributed by atoms with Crippen LogP contribution in [-0.2, 0) is 24.3 Å². The van der Waals surface area contributed by atoms with Crippen LogP contribution < -0.4 is 10.0 Å². The average Bonchev–Trinajstić information content (AvgIpc) is 2.92.